The fourth-order valence-electron chi connectivity index (χ4n) is 3.00. The van der Waals surface area contributed by atoms with Crippen molar-refractivity contribution in [2.45, 2.75) is 26.3 Å². The van der Waals surface area contributed by atoms with E-state index in [1.807, 2.05) is 19.1 Å². The molecule has 0 bridgehead atoms. The maximum Gasteiger partial charge on any atom is 0.344 e. The van der Waals surface area contributed by atoms with Gasteiger partial charge < -0.3 is 14.8 Å². The first-order valence-electron chi connectivity index (χ1n) is 9.07. The normalized spacial score (nSPS) is 13.1. The fourth-order valence-corrected chi connectivity index (χ4v) is 3.00. The molecule has 6 nitrogen and oxygen atoms in total. The summed E-state index contributed by atoms with van der Waals surface area (Å²) in [6.07, 6.45) is 0.620. The molecule has 0 spiro atoms. The molecule has 2 N–H and O–H groups in total. The Morgan fingerprint density at radius 2 is 1.86 bits per heavy atom. The summed E-state index contributed by atoms with van der Waals surface area (Å²) in [6.45, 7) is 3.64. The van der Waals surface area contributed by atoms with Gasteiger partial charge in [0.2, 0.25) is 0 Å². The van der Waals surface area contributed by atoms with Gasteiger partial charge >= 0.3 is 11.6 Å². The molecule has 3 aromatic rings. The Morgan fingerprint density at radius 1 is 1.11 bits per heavy atom. The molecule has 0 fully saturated rings. The zero-order valence-corrected chi connectivity index (χ0v) is 15.6. The van der Waals surface area contributed by atoms with Gasteiger partial charge in [-0.1, -0.05) is 50.6 Å². The van der Waals surface area contributed by atoms with Gasteiger partial charge in [0.1, 0.15) is 11.6 Å². The van der Waals surface area contributed by atoms with Crippen LogP contribution in [0.15, 0.2) is 63.8 Å². The van der Waals surface area contributed by atoms with Crippen molar-refractivity contribution in [3.8, 4) is 11.1 Å². The summed E-state index contributed by atoms with van der Waals surface area (Å²) >= 11 is 0. The number of carboxylic acid groups (broad SMARTS) is 1. The van der Waals surface area contributed by atoms with E-state index in [1.54, 1.807) is 49.4 Å². The lowest BCUT2D eigenvalue weighted by molar-refractivity contribution is -0.140. The summed E-state index contributed by atoms with van der Waals surface area (Å²) in [5.41, 5.74) is 1.13. The second kappa shape index (κ2) is 8.08. The van der Waals surface area contributed by atoms with Crippen molar-refractivity contribution in [1.29, 1.82) is 0 Å². The van der Waals surface area contributed by atoms with Crippen molar-refractivity contribution < 1.29 is 19.1 Å². The number of hydrogen-bond donors (Lipinski definition) is 2. The molecule has 0 aliphatic rings. The van der Waals surface area contributed by atoms with Gasteiger partial charge in [-0.15, -0.1) is 0 Å². The van der Waals surface area contributed by atoms with Gasteiger partial charge in [-0.2, -0.15) is 0 Å². The third-order valence-electron chi connectivity index (χ3n) is 4.84. The summed E-state index contributed by atoms with van der Waals surface area (Å²) in [4.78, 5) is 36.4. The second-order valence-corrected chi connectivity index (χ2v) is 6.74. The maximum absolute atomic E-state index is 12.6. The van der Waals surface area contributed by atoms with E-state index in [1.165, 1.54) is 0 Å². The Morgan fingerprint density at radius 3 is 2.57 bits per heavy atom. The number of fused-ring (bicyclic) bond motifs is 1. The quantitative estimate of drug-likeness (QED) is 0.637. The molecule has 2 aromatic carbocycles. The lowest BCUT2D eigenvalue weighted by atomic mass is 9.98. The zero-order valence-electron chi connectivity index (χ0n) is 15.6. The van der Waals surface area contributed by atoms with E-state index in [0.29, 0.717) is 23.1 Å². The number of para-hydroxylation sites is 1. The molecule has 0 aliphatic carbocycles. The number of nitrogens with one attached hydrogen (secondary N) is 1. The predicted molar refractivity (Wildman–Crippen MR) is 106 cm³/mol. The van der Waals surface area contributed by atoms with Crippen LogP contribution in [0.3, 0.4) is 0 Å². The fraction of sp³-hybridized carbons (Fsp3) is 0.227. The minimum atomic E-state index is -1.07. The van der Waals surface area contributed by atoms with Crippen molar-refractivity contribution in [2.24, 2.45) is 5.92 Å². The van der Waals surface area contributed by atoms with E-state index < -0.39 is 23.5 Å². The molecule has 2 unspecified atom stereocenters. The Bertz CT molecular complexity index is 1090. The van der Waals surface area contributed by atoms with Crippen LogP contribution in [0, 0.1) is 5.92 Å². The highest BCUT2D eigenvalue weighted by Gasteiger charge is 2.25. The van der Waals surface area contributed by atoms with Crippen LogP contribution in [0.1, 0.15) is 30.6 Å². The molecule has 0 radical (unpaired) electrons. The monoisotopic (exact) mass is 379 g/mol. The second-order valence-electron chi connectivity index (χ2n) is 6.74. The highest BCUT2D eigenvalue weighted by atomic mass is 16.4. The third kappa shape index (κ3) is 3.96. The Balaban J connectivity index is 1.94. The molecular weight excluding hydrogens is 358 g/mol. The summed E-state index contributed by atoms with van der Waals surface area (Å²) < 4.78 is 5.36. The number of amides is 1. The highest BCUT2D eigenvalue weighted by molar-refractivity contribution is 5.97. The maximum atomic E-state index is 12.6. The molecule has 2 atom stereocenters. The first kappa shape index (κ1) is 19.4. The average molecular weight is 379 g/mol. The summed E-state index contributed by atoms with van der Waals surface area (Å²) in [5.74, 6) is -1.79. The van der Waals surface area contributed by atoms with Crippen LogP contribution in [0.5, 0.6) is 0 Å². The van der Waals surface area contributed by atoms with Crippen LogP contribution in [-0.4, -0.2) is 23.0 Å². The van der Waals surface area contributed by atoms with Gasteiger partial charge in [-0.05, 0) is 35.7 Å². The van der Waals surface area contributed by atoms with Gasteiger partial charge in [0.25, 0.3) is 5.91 Å². The number of rotatable bonds is 6. The Hall–Kier alpha value is -3.41. The Labute approximate surface area is 161 Å². The van der Waals surface area contributed by atoms with Gasteiger partial charge in [-0.3, -0.25) is 4.79 Å². The molecule has 0 saturated carbocycles. The van der Waals surface area contributed by atoms with Crippen LogP contribution in [0.25, 0.3) is 22.1 Å². The van der Waals surface area contributed by atoms with E-state index in [4.69, 9.17) is 4.42 Å². The molecule has 1 aromatic heterocycles. The lowest BCUT2D eigenvalue weighted by Gasteiger charge is -2.20. The smallest absolute Gasteiger partial charge is 0.344 e. The molecule has 6 heteroatoms. The minimum Gasteiger partial charge on any atom is -0.480 e. The molecule has 0 aliphatic heterocycles. The number of aliphatic carboxylic acids is 1. The minimum absolute atomic E-state index is 0.211. The average Bonchev–Trinajstić information content (AvgIpc) is 2.70. The van der Waals surface area contributed by atoms with Gasteiger partial charge in [0, 0.05) is 10.9 Å². The van der Waals surface area contributed by atoms with E-state index >= 15 is 0 Å². The summed E-state index contributed by atoms with van der Waals surface area (Å²) in [7, 11) is 0. The van der Waals surface area contributed by atoms with Gasteiger partial charge in [-0.25, -0.2) is 9.59 Å². The molecular formula is C22H21NO5. The lowest BCUT2D eigenvalue weighted by Crippen LogP contribution is -2.45. The highest BCUT2D eigenvalue weighted by Crippen LogP contribution is 2.22. The molecule has 1 amide bonds. The van der Waals surface area contributed by atoms with Crippen LogP contribution < -0.4 is 10.9 Å². The van der Waals surface area contributed by atoms with Crippen molar-refractivity contribution >= 4 is 22.8 Å². The van der Waals surface area contributed by atoms with E-state index in [-0.39, 0.29) is 11.5 Å². The SMILES string of the molecule is CCC(C)C(NC(=O)c1cccc(-c2cc3ccccc3oc2=O)c1)C(=O)O. The standard InChI is InChI=1S/C22H21NO5/c1-3-13(2)19(21(25)26)23-20(24)16-9-6-8-14(11-16)17-12-15-7-4-5-10-18(15)28-22(17)27/h4-13,19H,3H2,1-2H3,(H,23,24)(H,25,26). The number of carbonyl (C=O) groups excluding carboxylic acids is 1. The van der Waals surface area contributed by atoms with Crippen molar-refractivity contribution in [1.82, 2.24) is 5.32 Å². The van der Waals surface area contributed by atoms with E-state index in [0.717, 1.165) is 5.39 Å². The van der Waals surface area contributed by atoms with Crippen LogP contribution >= 0.6 is 0 Å². The predicted octanol–water partition coefficient (Wildman–Crippen LogP) is 3.69. The van der Waals surface area contributed by atoms with Crippen molar-refractivity contribution in [3.05, 3.63) is 70.6 Å². The summed E-state index contributed by atoms with van der Waals surface area (Å²) in [5, 5.41) is 12.7. The van der Waals surface area contributed by atoms with E-state index in [9.17, 15) is 19.5 Å². The van der Waals surface area contributed by atoms with Crippen LogP contribution in [0.4, 0.5) is 0 Å². The molecule has 0 saturated heterocycles. The first-order chi connectivity index (χ1) is 13.4. The number of hydrogen-bond acceptors (Lipinski definition) is 4. The number of carbonyl (C=O) groups is 2. The van der Waals surface area contributed by atoms with Crippen molar-refractivity contribution in [2.75, 3.05) is 0 Å². The van der Waals surface area contributed by atoms with Gasteiger partial charge in [0.15, 0.2) is 0 Å². The van der Waals surface area contributed by atoms with Crippen molar-refractivity contribution in [3.63, 3.8) is 0 Å². The van der Waals surface area contributed by atoms with Crippen LogP contribution in [-0.2, 0) is 4.79 Å². The Kier molecular flexibility index (Phi) is 5.59. The largest absolute Gasteiger partial charge is 0.480 e. The van der Waals surface area contributed by atoms with E-state index in [2.05, 4.69) is 5.32 Å². The molecule has 28 heavy (non-hydrogen) atoms. The molecule has 3 rings (SSSR count). The third-order valence-corrected chi connectivity index (χ3v) is 4.84. The topological polar surface area (TPSA) is 96.6 Å². The zero-order chi connectivity index (χ0) is 20.3. The first-order valence-corrected chi connectivity index (χ1v) is 9.07. The number of carboxylic acids is 1. The molecule has 144 valence electrons. The summed E-state index contributed by atoms with van der Waals surface area (Å²) in [6, 6.07) is 14.4. The van der Waals surface area contributed by atoms with Gasteiger partial charge in [0.05, 0.1) is 5.56 Å². The number of benzene rings is 2. The van der Waals surface area contributed by atoms with Crippen LogP contribution in [0.2, 0.25) is 0 Å². The molecule has 1 heterocycles.